The van der Waals surface area contributed by atoms with Gasteiger partial charge in [0.2, 0.25) is 6.79 Å². The highest BCUT2D eigenvalue weighted by Crippen LogP contribution is 2.40. The van der Waals surface area contributed by atoms with Gasteiger partial charge >= 0.3 is 0 Å². The molecule has 0 bridgehead atoms. The fourth-order valence-electron chi connectivity index (χ4n) is 3.49. The van der Waals surface area contributed by atoms with Crippen LogP contribution in [0.3, 0.4) is 0 Å². The first-order valence-electron chi connectivity index (χ1n) is 8.25. The molecular weight excluding hydrogens is 386 g/mol. The summed E-state index contributed by atoms with van der Waals surface area (Å²) in [5.41, 5.74) is 3.77. The van der Waals surface area contributed by atoms with Gasteiger partial charge in [-0.2, -0.15) is 0 Å². The highest BCUT2D eigenvalue weighted by atomic mass is 79.9. The van der Waals surface area contributed by atoms with Crippen molar-refractivity contribution in [3.8, 4) is 23.0 Å². The fourth-order valence-corrected chi connectivity index (χ4v) is 3.97. The van der Waals surface area contributed by atoms with Gasteiger partial charge in [0, 0.05) is 10.5 Å². The third kappa shape index (κ3) is 3.04. The van der Waals surface area contributed by atoms with E-state index in [1.54, 1.807) is 14.2 Å². The van der Waals surface area contributed by atoms with Gasteiger partial charge in [0.1, 0.15) is 0 Å². The van der Waals surface area contributed by atoms with Gasteiger partial charge in [-0.15, -0.1) is 0 Å². The maximum atomic E-state index is 5.56. The van der Waals surface area contributed by atoms with E-state index >= 15 is 0 Å². The standard InChI is InChI=1S/C19H20BrNO4/c1-22-16-7-12(14(20)9-17(16)23-2)5-15-13-8-19-18(24-10-25-19)6-11(13)3-4-21-15/h6-9,15,21H,3-5,10H2,1-2H3/t15-/m1/s1. The summed E-state index contributed by atoms with van der Waals surface area (Å²) in [6, 6.07) is 8.44. The Morgan fingerprint density at radius 1 is 1.08 bits per heavy atom. The van der Waals surface area contributed by atoms with Crippen molar-refractivity contribution < 1.29 is 18.9 Å². The van der Waals surface area contributed by atoms with Crippen LogP contribution in [0.1, 0.15) is 22.7 Å². The van der Waals surface area contributed by atoms with Gasteiger partial charge in [-0.05, 0) is 60.3 Å². The molecule has 0 aliphatic carbocycles. The predicted octanol–water partition coefficient (Wildman–Crippen LogP) is 3.62. The van der Waals surface area contributed by atoms with Crippen LogP contribution in [-0.2, 0) is 12.8 Å². The summed E-state index contributed by atoms with van der Waals surface area (Å²) in [7, 11) is 3.30. The Labute approximate surface area is 155 Å². The van der Waals surface area contributed by atoms with Gasteiger partial charge < -0.3 is 24.3 Å². The van der Waals surface area contributed by atoms with E-state index in [4.69, 9.17) is 18.9 Å². The first-order valence-corrected chi connectivity index (χ1v) is 9.05. The van der Waals surface area contributed by atoms with Crippen LogP contribution in [0.4, 0.5) is 0 Å². The molecule has 5 nitrogen and oxygen atoms in total. The molecule has 25 heavy (non-hydrogen) atoms. The van der Waals surface area contributed by atoms with Crippen molar-refractivity contribution in [2.75, 3.05) is 27.6 Å². The summed E-state index contributed by atoms with van der Waals surface area (Å²) < 4.78 is 22.9. The third-order valence-electron chi connectivity index (χ3n) is 4.77. The molecule has 6 heteroatoms. The van der Waals surface area contributed by atoms with Gasteiger partial charge in [0.05, 0.1) is 14.2 Å². The van der Waals surface area contributed by atoms with Crippen molar-refractivity contribution in [3.05, 3.63) is 45.4 Å². The van der Waals surface area contributed by atoms with Crippen molar-refractivity contribution in [2.45, 2.75) is 18.9 Å². The van der Waals surface area contributed by atoms with Crippen LogP contribution in [0, 0.1) is 0 Å². The molecule has 132 valence electrons. The van der Waals surface area contributed by atoms with Crippen molar-refractivity contribution in [1.82, 2.24) is 5.32 Å². The van der Waals surface area contributed by atoms with Crippen LogP contribution in [-0.4, -0.2) is 27.6 Å². The highest BCUT2D eigenvalue weighted by Gasteiger charge is 2.26. The molecule has 4 rings (SSSR count). The molecule has 0 amide bonds. The van der Waals surface area contributed by atoms with Gasteiger partial charge in [-0.25, -0.2) is 0 Å². The molecule has 0 saturated heterocycles. The average Bonchev–Trinajstić information content (AvgIpc) is 3.08. The number of halogens is 1. The monoisotopic (exact) mass is 405 g/mol. The topological polar surface area (TPSA) is 49.0 Å². The number of ether oxygens (including phenoxy) is 4. The van der Waals surface area contributed by atoms with E-state index in [0.29, 0.717) is 6.79 Å². The summed E-state index contributed by atoms with van der Waals surface area (Å²) in [5, 5.41) is 3.62. The minimum atomic E-state index is 0.215. The zero-order valence-electron chi connectivity index (χ0n) is 14.2. The summed E-state index contributed by atoms with van der Waals surface area (Å²) >= 11 is 3.66. The molecule has 0 fully saturated rings. The first-order chi connectivity index (χ1) is 12.2. The maximum absolute atomic E-state index is 5.56. The quantitative estimate of drug-likeness (QED) is 0.841. The Morgan fingerprint density at radius 2 is 1.80 bits per heavy atom. The molecule has 1 N–H and O–H groups in total. The Bertz CT molecular complexity index is 808. The summed E-state index contributed by atoms with van der Waals surface area (Å²) in [5.74, 6) is 3.14. The van der Waals surface area contributed by atoms with E-state index in [1.165, 1.54) is 16.7 Å². The molecule has 2 aliphatic heterocycles. The lowest BCUT2D eigenvalue weighted by Crippen LogP contribution is -2.31. The lowest BCUT2D eigenvalue weighted by atomic mass is 9.90. The zero-order chi connectivity index (χ0) is 17.4. The van der Waals surface area contributed by atoms with Gasteiger partial charge in [-0.1, -0.05) is 15.9 Å². The molecule has 2 aromatic carbocycles. The number of methoxy groups -OCH3 is 2. The van der Waals surface area contributed by atoms with Crippen LogP contribution in [0.5, 0.6) is 23.0 Å². The molecule has 2 aromatic rings. The predicted molar refractivity (Wildman–Crippen MR) is 98.0 cm³/mol. The van der Waals surface area contributed by atoms with Crippen LogP contribution in [0.15, 0.2) is 28.7 Å². The smallest absolute Gasteiger partial charge is 0.231 e. The van der Waals surface area contributed by atoms with E-state index in [9.17, 15) is 0 Å². The second kappa shape index (κ2) is 6.77. The van der Waals surface area contributed by atoms with Gasteiger partial charge in [-0.3, -0.25) is 0 Å². The lowest BCUT2D eigenvalue weighted by molar-refractivity contribution is 0.174. The second-order valence-corrected chi connectivity index (χ2v) is 7.02. The Morgan fingerprint density at radius 3 is 2.56 bits per heavy atom. The average molecular weight is 406 g/mol. The van der Waals surface area contributed by atoms with E-state index in [1.807, 2.05) is 12.1 Å². The van der Waals surface area contributed by atoms with Crippen LogP contribution >= 0.6 is 15.9 Å². The van der Waals surface area contributed by atoms with Crippen LogP contribution in [0.2, 0.25) is 0 Å². The molecule has 0 spiro atoms. The highest BCUT2D eigenvalue weighted by molar-refractivity contribution is 9.10. The number of rotatable bonds is 4. The van der Waals surface area contributed by atoms with Gasteiger partial charge in [0.25, 0.3) is 0 Å². The first kappa shape index (κ1) is 16.5. The van der Waals surface area contributed by atoms with Crippen LogP contribution in [0.25, 0.3) is 0 Å². The van der Waals surface area contributed by atoms with Crippen molar-refractivity contribution in [3.63, 3.8) is 0 Å². The molecule has 0 saturated carbocycles. The summed E-state index contributed by atoms with van der Waals surface area (Å²) in [6.07, 6.45) is 1.84. The Hall–Kier alpha value is -1.92. The summed E-state index contributed by atoms with van der Waals surface area (Å²) in [6.45, 7) is 1.25. The van der Waals surface area contributed by atoms with Gasteiger partial charge in [0.15, 0.2) is 23.0 Å². The minimum Gasteiger partial charge on any atom is -0.493 e. The van der Waals surface area contributed by atoms with E-state index in [2.05, 4.69) is 33.4 Å². The summed E-state index contributed by atoms with van der Waals surface area (Å²) in [4.78, 5) is 0. The number of hydrogen-bond acceptors (Lipinski definition) is 5. The number of hydrogen-bond donors (Lipinski definition) is 1. The maximum Gasteiger partial charge on any atom is 0.231 e. The van der Waals surface area contributed by atoms with Crippen LogP contribution < -0.4 is 24.3 Å². The molecular formula is C19H20BrNO4. The molecule has 2 aliphatic rings. The molecule has 0 aromatic heterocycles. The van der Waals surface area contributed by atoms with E-state index in [0.717, 1.165) is 46.9 Å². The molecule has 1 atom stereocenters. The molecule has 0 radical (unpaired) electrons. The van der Waals surface area contributed by atoms with Crippen molar-refractivity contribution in [2.24, 2.45) is 0 Å². The van der Waals surface area contributed by atoms with Crippen molar-refractivity contribution >= 4 is 15.9 Å². The fraction of sp³-hybridized carbons (Fsp3) is 0.368. The SMILES string of the molecule is COc1cc(Br)c(C[C@H]2NCCc3cc4c(cc32)OCO4)cc1OC. The van der Waals surface area contributed by atoms with E-state index in [-0.39, 0.29) is 6.04 Å². The Kier molecular flexibility index (Phi) is 4.48. The molecule has 0 unspecified atom stereocenters. The second-order valence-electron chi connectivity index (χ2n) is 6.16. The normalized spacial score (nSPS) is 18.0. The Balaban J connectivity index is 1.67. The zero-order valence-corrected chi connectivity index (χ0v) is 15.8. The lowest BCUT2D eigenvalue weighted by Gasteiger charge is -2.28. The number of benzene rings is 2. The van der Waals surface area contributed by atoms with Crippen molar-refractivity contribution in [1.29, 1.82) is 0 Å². The number of fused-ring (bicyclic) bond motifs is 2. The van der Waals surface area contributed by atoms with E-state index < -0.39 is 0 Å². The largest absolute Gasteiger partial charge is 0.493 e. The third-order valence-corrected chi connectivity index (χ3v) is 5.51. The molecule has 2 heterocycles. The number of nitrogens with one attached hydrogen (secondary N) is 1. The minimum absolute atomic E-state index is 0.215.